The largest absolute Gasteiger partial charge is 0.573 e. The molecule has 11 nitrogen and oxygen atoms in total. The maximum Gasteiger partial charge on any atom is 0.573 e. The van der Waals surface area contributed by atoms with Crippen molar-refractivity contribution in [3.05, 3.63) is 53.6 Å². The number of carbonyl (C=O) groups excluding carboxylic acids is 1. The van der Waals surface area contributed by atoms with Gasteiger partial charge in [0.1, 0.15) is 17.4 Å². The average molecular weight is 528 g/mol. The molecule has 38 heavy (non-hydrogen) atoms. The number of hydrogen-bond acceptors (Lipinski definition) is 8. The lowest BCUT2D eigenvalue weighted by molar-refractivity contribution is -0.274. The summed E-state index contributed by atoms with van der Waals surface area (Å²) in [6.07, 6.45) is -1.56. The highest BCUT2D eigenvalue weighted by Gasteiger charge is 2.47. The summed E-state index contributed by atoms with van der Waals surface area (Å²) in [7, 11) is 0. The van der Waals surface area contributed by atoms with Gasteiger partial charge in [-0.05, 0) is 36.8 Å². The number of rotatable bonds is 4. The molecule has 0 bridgehead atoms. The molecule has 1 spiro atoms. The van der Waals surface area contributed by atoms with Gasteiger partial charge in [-0.15, -0.1) is 13.2 Å². The fraction of sp³-hybridized carbons (Fsp3) is 0.375. The molecule has 0 aliphatic carbocycles. The van der Waals surface area contributed by atoms with Crippen LogP contribution in [-0.4, -0.2) is 56.7 Å². The van der Waals surface area contributed by atoms with Crippen molar-refractivity contribution in [3.63, 3.8) is 0 Å². The number of urea groups is 1. The third-order valence-electron chi connectivity index (χ3n) is 6.59. The number of hydrogen-bond donors (Lipinski definition) is 2. The maximum absolute atomic E-state index is 13.1. The highest BCUT2D eigenvalue weighted by molar-refractivity contribution is 5.75. The Kier molecular flexibility index (Phi) is 6.31. The van der Waals surface area contributed by atoms with Crippen LogP contribution in [0.4, 0.5) is 23.8 Å². The van der Waals surface area contributed by atoms with Crippen molar-refractivity contribution in [1.82, 2.24) is 30.0 Å². The van der Waals surface area contributed by atoms with E-state index in [9.17, 15) is 18.0 Å². The minimum Gasteiger partial charge on any atom is -0.402 e. The SMILES string of the molecule is CC(NC(=O)N1CCC2(C1)OCCn1nc(-c3cnc(N)c(OC(F)(F)F)c3)cc12)c1ccnc(C#N)c1. The van der Waals surface area contributed by atoms with Crippen molar-refractivity contribution in [2.24, 2.45) is 0 Å². The number of halogens is 3. The maximum atomic E-state index is 13.1. The molecule has 2 atom stereocenters. The van der Waals surface area contributed by atoms with Gasteiger partial charge in [0.15, 0.2) is 11.6 Å². The summed E-state index contributed by atoms with van der Waals surface area (Å²) >= 11 is 0. The van der Waals surface area contributed by atoms with E-state index >= 15 is 0 Å². The van der Waals surface area contributed by atoms with Gasteiger partial charge in [0.05, 0.1) is 37.1 Å². The monoisotopic (exact) mass is 528 g/mol. The van der Waals surface area contributed by atoms with Crippen molar-refractivity contribution < 1.29 is 27.4 Å². The van der Waals surface area contributed by atoms with E-state index in [-0.39, 0.29) is 24.3 Å². The van der Waals surface area contributed by atoms with Crippen LogP contribution in [0.15, 0.2) is 36.7 Å². The molecule has 3 aromatic rings. The third kappa shape index (κ3) is 4.92. The summed E-state index contributed by atoms with van der Waals surface area (Å²) in [4.78, 5) is 22.5. The zero-order valence-electron chi connectivity index (χ0n) is 20.2. The highest BCUT2D eigenvalue weighted by Crippen LogP contribution is 2.40. The van der Waals surface area contributed by atoms with E-state index in [2.05, 4.69) is 25.1 Å². The van der Waals surface area contributed by atoms with E-state index in [1.807, 2.05) is 13.0 Å². The predicted octanol–water partition coefficient (Wildman–Crippen LogP) is 3.09. The first-order valence-corrected chi connectivity index (χ1v) is 11.7. The molecule has 5 heterocycles. The first-order valence-electron chi connectivity index (χ1n) is 11.7. The number of amides is 2. The van der Waals surface area contributed by atoms with Gasteiger partial charge in [-0.2, -0.15) is 10.4 Å². The normalized spacial score (nSPS) is 19.6. The topological polar surface area (TPSA) is 144 Å². The summed E-state index contributed by atoms with van der Waals surface area (Å²) in [6, 6.07) is 7.57. The molecule has 2 aliphatic heterocycles. The van der Waals surface area contributed by atoms with Crippen LogP contribution in [0, 0.1) is 11.3 Å². The first-order chi connectivity index (χ1) is 18.1. The molecular formula is C24H23F3N8O3. The Balaban J connectivity index is 1.34. The molecule has 198 valence electrons. The second-order valence-electron chi connectivity index (χ2n) is 9.06. The van der Waals surface area contributed by atoms with Crippen molar-refractivity contribution >= 4 is 11.8 Å². The number of likely N-dealkylation sites (tertiary alicyclic amines) is 1. The second kappa shape index (κ2) is 9.49. The number of nitrogens with one attached hydrogen (secondary N) is 1. The number of nitrogen functional groups attached to an aromatic ring is 1. The van der Waals surface area contributed by atoms with Gasteiger partial charge in [0.25, 0.3) is 0 Å². The summed E-state index contributed by atoms with van der Waals surface area (Å²) < 4.78 is 50.2. The summed E-state index contributed by atoms with van der Waals surface area (Å²) in [6.45, 7) is 3.30. The standard InChI is InChI=1S/C24H23F3N8O3/c1-14(15-2-4-30-17(8-15)11-28)32-22(36)34-5-3-23(13-34)20-10-18(33-35(20)6-7-37-23)16-9-19(21(29)31-12-16)38-24(25,26)27/h2,4,8-10,12,14H,3,5-7,13H2,1H3,(H2,29,31)(H,32,36). The molecule has 2 unspecified atom stereocenters. The molecule has 1 fully saturated rings. The van der Waals surface area contributed by atoms with Gasteiger partial charge < -0.3 is 25.4 Å². The van der Waals surface area contributed by atoms with E-state index in [0.717, 1.165) is 11.6 Å². The Labute approximate surface area is 215 Å². The molecule has 5 rings (SSSR count). The minimum absolute atomic E-state index is 0.261. The fourth-order valence-corrected chi connectivity index (χ4v) is 4.72. The lowest BCUT2D eigenvalue weighted by Gasteiger charge is -2.34. The Bertz CT molecular complexity index is 1420. The lowest BCUT2D eigenvalue weighted by atomic mass is 9.96. The van der Waals surface area contributed by atoms with E-state index in [0.29, 0.717) is 43.1 Å². The molecule has 3 N–H and O–H groups in total. The summed E-state index contributed by atoms with van der Waals surface area (Å²) in [5.41, 5.74) is 7.14. The third-order valence-corrected chi connectivity index (χ3v) is 6.59. The number of aromatic nitrogens is 4. The van der Waals surface area contributed by atoms with Crippen molar-refractivity contribution in [3.8, 4) is 23.1 Å². The van der Waals surface area contributed by atoms with Crippen molar-refractivity contribution in [2.75, 3.05) is 25.4 Å². The van der Waals surface area contributed by atoms with Gasteiger partial charge in [-0.3, -0.25) is 4.68 Å². The molecule has 0 saturated carbocycles. The average Bonchev–Trinajstić information content (AvgIpc) is 3.51. The Morgan fingerprint density at radius 1 is 1.32 bits per heavy atom. The molecule has 3 aromatic heterocycles. The van der Waals surface area contributed by atoms with Crippen LogP contribution >= 0.6 is 0 Å². The van der Waals surface area contributed by atoms with Gasteiger partial charge in [-0.1, -0.05) is 0 Å². The van der Waals surface area contributed by atoms with E-state index in [1.54, 1.807) is 27.8 Å². The number of anilines is 1. The number of pyridine rings is 2. The van der Waals surface area contributed by atoms with Gasteiger partial charge in [-0.25, -0.2) is 14.8 Å². The predicted molar refractivity (Wildman–Crippen MR) is 126 cm³/mol. The molecule has 2 amide bonds. The van der Waals surface area contributed by atoms with Crippen LogP contribution in [0.1, 0.15) is 36.3 Å². The number of ether oxygens (including phenoxy) is 2. The van der Waals surface area contributed by atoms with Gasteiger partial charge in [0.2, 0.25) is 0 Å². The molecule has 0 aromatic carbocycles. The molecule has 0 radical (unpaired) electrons. The minimum atomic E-state index is -4.92. The highest BCUT2D eigenvalue weighted by atomic mass is 19.4. The first kappa shape index (κ1) is 25.3. The summed E-state index contributed by atoms with van der Waals surface area (Å²) in [5.74, 6) is -1.00. The molecule has 14 heteroatoms. The van der Waals surface area contributed by atoms with Crippen LogP contribution in [-0.2, 0) is 16.9 Å². The molecule has 2 aliphatic rings. The Morgan fingerprint density at radius 3 is 2.89 bits per heavy atom. The number of alkyl halides is 3. The Hall–Kier alpha value is -4.38. The van der Waals surface area contributed by atoms with Crippen LogP contribution in [0.5, 0.6) is 5.75 Å². The number of fused-ring (bicyclic) bond motifs is 2. The number of nitrogens with zero attached hydrogens (tertiary/aromatic N) is 6. The molecule has 1 saturated heterocycles. The van der Waals surface area contributed by atoms with Crippen LogP contribution in [0.2, 0.25) is 0 Å². The second-order valence-corrected chi connectivity index (χ2v) is 9.06. The van der Waals surface area contributed by atoms with Crippen molar-refractivity contribution in [1.29, 1.82) is 5.26 Å². The molecular weight excluding hydrogens is 505 g/mol. The quantitative estimate of drug-likeness (QED) is 0.526. The van der Waals surface area contributed by atoms with E-state index in [1.165, 1.54) is 12.4 Å². The zero-order chi connectivity index (χ0) is 27.1. The Morgan fingerprint density at radius 2 is 2.13 bits per heavy atom. The summed E-state index contributed by atoms with van der Waals surface area (Å²) in [5, 5.41) is 16.6. The van der Waals surface area contributed by atoms with Crippen molar-refractivity contribution in [2.45, 2.75) is 37.9 Å². The lowest BCUT2D eigenvalue weighted by Crippen LogP contribution is -2.44. The smallest absolute Gasteiger partial charge is 0.402 e. The zero-order valence-corrected chi connectivity index (χ0v) is 20.2. The van der Waals surface area contributed by atoms with E-state index < -0.39 is 23.5 Å². The number of nitriles is 1. The van der Waals surface area contributed by atoms with Crippen LogP contribution in [0.25, 0.3) is 11.3 Å². The van der Waals surface area contributed by atoms with E-state index in [4.69, 9.17) is 15.7 Å². The van der Waals surface area contributed by atoms with Crippen LogP contribution < -0.4 is 15.8 Å². The van der Waals surface area contributed by atoms with Gasteiger partial charge >= 0.3 is 12.4 Å². The van der Waals surface area contributed by atoms with Crippen LogP contribution in [0.3, 0.4) is 0 Å². The number of carbonyl (C=O) groups is 1. The number of nitrogens with two attached hydrogens (primary N) is 1. The van der Waals surface area contributed by atoms with Gasteiger partial charge in [0, 0.05) is 30.9 Å². The fourth-order valence-electron chi connectivity index (χ4n) is 4.72.